The normalized spacial score (nSPS) is 10.2. The van der Waals surface area contributed by atoms with Crippen molar-refractivity contribution in [1.82, 2.24) is 10.3 Å². The molecule has 0 aliphatic carbocycles. The molecule has 82 valence electrons. The van der Waals surface area contributed by atoms with E-state index >= 15 is 0 Å². The lowest BCUT2D eigenvalue weighted by Gasteiger charge is -2.12. The lowest BCUT2D eigenvalue weighted by atomic mass is 10.3. The van der Waals surface area contributed by atoms with Gasteiger partial charge in [-0.15, -0.1) is 0 Å². The van der Waals surface area contributed by atoms with Crippen molar-refractivity contribution in [3.05, 3.63) is 22.8 Å². The summed E-state index contributed by atoms with van der Waals surface area (Å²) >= 11 is 11.0. The Hall–Kier alpha value is -0.870. The molecule has 15 heavy (non-hydrogen) atoms. The topological polar surface area (TPSA) is 37.0 Å². The maximum atomic E-state index is 5.86. The van der Waals surface area contributed by atoms with Gasteiger partial charge in [0.05, 0.1) is 10.7 Å². The molecule has 0 fully saturated rings. The second-order valence-corrected chi connectivity index (χ2v) is 4.33. The Balaban J connectivity index is 2.65. The predicted molar refractivity (Wildman–Crippen MR) is 68.5 cm³/mol. The highest BCUT2D eigenvalue weighted by molar-refractivity contribution is 7.80. The third-order valence-electron chi connectivity index (χ3n) is 1.68. The lowest BCUT2D eigenvalue weighted by molar-refractivity contribution is 0.739. The van der Waals surface area contributed by atoms with Gasteiger partial charge in [0, 0.05) is 6.04 Å². The van der Waals surface area contributed by atoms with Crippen LogP contribution >= 0.6 is 23.8 Å². The monoisotopic (exact) mass is 243 g/mol. The Morgan fingerprint density at radius 3 is 2.67 bits per heavy atom. The Morgan fingerprint density at radius 1 is 1.47 bits per heavy atom. The number of aryl methyl sites for hydroxylation is 1. The highest BCUT2D eigenvalue weighted by Gasteiger charge is 2.02. The Labute approximate surface area is 100 Å². The molecule has 0 radical (unpaired) electrons. The van der Waals surface area contributed by atoms with Gasteiger partial charge in [-0.1, -0.05) is 11.6 Å². The maximum Gasteiger partial charge on any atom is 0.172 e. The van der Waals surface area contributed by atoms with Gasteiger partial charge >= 0.3 is 0 Å². The van der Waals surface area contributed by atoms with Crippen molar-refractivity contribution >= 4 is 34.7 Å². The number of nitrogens with one attached hydrogen (secondary N) is 2. The molecule has 0 aliphatic heterocycles. The molecule has 0 saturated carbocycles. The van der Waals surface area contributed by atoms with Crippen molar-refractivity contribution in [2.24, 2.45) is 0 Å². The van der Waals surface area contributed by atoms with E-state index in [-0.39, 0.29) is 0 Å². The summed E-state index contributed by atoms with van der Waals surface area (Å²) in [6, 6.07) is 3.90. The van der Waals surface area contributed by atoms with E-state index in [2.05, 4.69) is 15.6 Å². The van der Waals surface area contributed by atoms with Crippen LogP contribution in [0.2, 0.25) is 5.02 Å². The minimum atomic E-state index is 0.304. The summed E-state index contributed by atoms with van der Waals surface area (Å²) in [4.78, 5) is 4.25. The zero-order valence-corrected chi connectivity index (χ0v) is 10.5. The summed E-state index contributed by atoms with van der Waals surface area (Å²) in [5, 5.41) is 7.29. The van der Waals surface area contributed by atoms with E-state index in [0.717, 1.165) is 5.69 Å². The molecule has 0 bridgehead atoms. The first-order valence-electron chi connectivity index (χ1n) is 4.69. The van der Waals surface area contributed by atoms with E-state index in [1.54, 1.807) is 12.1 Å². The minimum Gasteiger partial charge on any atom is -0.360 e. The molecule has 1 aromatic heterocycles. The van der Waals surface area contributed by atoms with Gasteiger partial charge in [-0.25, -0.2) is 4.98 Å². The van der Waals surface area contributed by atoms with Crippen LogP contribution in [0.3, 0.4) is 0 Å². The van der Waals surface area contributed by atoms with Crippen molar-refractivity contribution in [3.63, 3.8) is 0 Å². The summed E-state index contributed by atoms with van der Waals surface area (Å²) in [5.74, 6) is 0.704. The maximum absolute atomic E-state index is 5.86. The molecule has 0 atom stereocenters. The number of halogens is 1. The third-order valence-corrected chi connectivity index (χ3v) is 2.30. The van der Waals surface area contributed by atoms with E-state index in [1.165, 1.54) is 0 Å². The number of thiocarbonyl (C=S) groups is 1. The summed E-state index contributed by atoms with van der Waals surface area (Å²) in [6.45, 7) is 5.90. The summed E-state index contributed by atoms with van der Waals surface area (Å²) in [6.07, 6.45) is 0. The van der Waals surface area contributed by atoms with Gasteiger partial charge in [0.2, 0.25) is 0 Å². The number of rotatable bonds is 2. The number of anilines is 1. The van der Waals surface area contributed by atoms with Gasteiger partial charge in [0.15, 0.2) is 5.11 Å². The molecule has 3 nitrogen and oxygen atoms in total. The zero-order valence-electron chi connectivity index (χ0n) is 8.97. The second kappa shape index (κ2) is 5.28. The summed E-state index contributed by atoms with van der Waals surface area (Å²) < 4.78 is 0. The Bertz CT molecular complexity index is 366. The standard InChI is InChI=1S/C10H14ClN3S/c1-6(2)12-10(15)14-9-5-4-8(11)7(3)13-9/h4-6H,1-3H3,(H2,12,13,14,15). The van der Waals surface area contributed by atoms with Crippen LogP contribution in [0, 0.1) is 6.92 Å². The van der Waals surface area contributed by atoms with Crippen molar-refractivity contribution in [2.45, 2.75) is 26.8 Å². The van der Waals surface area contributed by atoms with E-state index in [9.17, 15) is 0 Å². The molecule has 0 saturated heterocycles. The van der Waals surface area contributed by atoms with E-state index in [4.69, 9.17) is 23.8 Å². The molecule has 1 rings (SSSR count). The molecule has 0 aromatic carbocycles. The number of aromatic nitrogens is 1. The van der Waals surface area contributed by atoms with Crippen molar-refractivity contribution in [2.75, 3.05) is 5.32 Å². The fourth-order valence-corrected chi connectivity index (χ4v) is 1.47. The first kappa shape index (κ1) is 12.2. The molecule has 2 N–H and O–H groups in total. The zero-order chi connectivity index (χ0) is 11.4. The van der Waals surface area contributed by atoms with Crippen molar-refractivity contribution < 1.29 is 0 Å². The van der Waals surface area contributed by atoms with Gasteiger partial charge in [-0.2, -0.15) is 0 Å². The van der Waals surface area contributed by atoms with Crippen LogP contribution in [0.5, 0.6) is 0 Å². The molecular formula is C10H14ClN3S. The predicted octanol–water partition coefficient (Wildman–Crippen LogP) is 2.74. The Morgan fingerprint density at radius 2 is 2.13 bits per heavy atom. The van der Waals surface area contributed by atoms with Crippen molar-refractivity contribution in [1.29, 1.82) is 0 Å². The molecule has 0 unspecified atom stereocenters. The van der Waals surface area contributed by atoms with E-state index in [0.29, 0.717) is 22.0 Å². The average molecular weight is 244 g/mol. The quantitative estimate of drug-likeness (QED) is 0.784. The minimum absolute atomic E-state index is 0.304. The fraction of sp³-hybridized carbons (Fsp3) is 0.400. The van der Waals surface area contributed by atoms with Crippen LogP contribution in [-0.2, 0) is 0 Å². The van der Waals surface area contributed by atoms with Gasteiger partial charge < -0.3 is 10.6 Å². The van der Waals surface area contributed by atoms with Crippen LogP contribution in [0.25, 0.3) is 0 Å². The van der Waals surface area contributed by atoms with Gasteiger partial charge in [-0.3, -0.25) is 0 Å². The van der Waals surface area contributed by atoms with Crippen LogP contribution in [-0.4, -0.2) is 16.1 Å². The fourth-order valence-electron chi connectivity index (χ4n) is 1.03. The smallest absolute Gasteiger partial charge is 0.172 e. The third kappa shape index (κ3) is 4.01. The Kier molecular flexibility index (Phi) is 4.29. The second-order valence-electron chi connectivity index (χ2n) is 3.52. The van der Waals surface area contributed by atoms with Crippen LogP contribution < -0.4 is 10.6 Å². The van der Waals surface area contributed by atoms with Gasteiger partial charge in [0.1, 0.15) is 5.82 Å². The number of pyridine rings is 1. The number of hydrogen-bond donors (Lipinski definition) is 2. The van der Waals surface area contributed by atoms with E-state index in [1.807, 2.05) is 20.8 Å². The average Bonchev–Trinajstić information content (AvgIpc) is 2.10. The molecule has 0 aliphatic rings. The SMILES string of the molecule is Cc1nc(NC(=S)NC(C)C)ccc1Cl. The van der Waals surface area contributed by atoms with Crippen LogP contribution in [0.4, 0.5) is 5.82 Å². The van der Waals surface area contributed by atoms with Gasteiger partial charge in [-0.05, 0) is 45.1 Å². The summed E-state index contributed by atoms with van der Waals surface area (Å²) in [7, 11) is 0. The van der Waals surface area contributed by atoms with Crippen LogP contribution in [0.15, 0.2) is 12.1 Å². The van der Waals surface area contributed by atoms with Crippen LogP contribution in [0.1, 0.15) is 19.5 Å². The molecule has 5 heteroatoms. The molecular weight excluding hydrogens is 230 g/mol. The molecule has 1 heterocycles. The first-order chi connectivity index (χ1) is 6.99. The highest BCUT2D eigenvalue weighted by atomic mass is 35.5. The molecule has 1 aromatic rings. The number of nitrogens with zero attached hydrogens (tertiary/aromatic N) is 1. The van der Waals surface area contributed by atoms with Gasteiger partial charge in [0.25, 0.3) is 0 Å². The molecule has 0 spiro atoms. The number of hydrogen-bond acceptors (Lipinski definition) is 2. The molecule has 0 amide bonds. The summed E-state index contributed by atoms with van der Waals surface area (Å²) in [5.41, 5.74) is 0.786. The van der Waals surface area contributed by atoms with E-state index < -0.39 is 0 Å². The largest absolute Gasteiger partial charge is 0.360 e. The lowest BCUT2D eigenvalue weighted by Crippen LogP contribution is -2.34. The first-order valence-corrected chi connectivity index (χ1v) is 5.48. The highest BCUT2D eigenvalue weighted by Crippen LogP contribution is 2.15. The van der Waals surface area contributed by atoms with Crippen molar-refractivity contribution in [3.8, 4) is 0 Å².